The number of rotatable bonds is 5. The van der Waals surface area contributed by atoms with Gasteiger partial charge in [0, 0.05) is 35.5 Å². The number of aromatic nitrogens is 2. The molecule has 0 aliphatic carbocycles. The van der Waals surface area contributed by atoms with Crippen molar-refractivity contribution in [1.29, 1.82) is 0 Å². The molecular weight excluding hydrogens is 363 g/mol. The highest BCUT2D eigenvalue weighted by Gasteiger charge is 2.15. The largest absolute Gasteiger partial charge is 0.376 e. The van der Waals surface area contributed by atoms with Gasteiger partial charge < -0.3 is 4.74 Å². The molecule has 1 aromatic carbocycles. The van der Waals surface area contributed by atoms with Crippen LogP contribution >= 0.6 is 11.3 Å². The Balaban J connectivity index is 1.74. The predicted octanol–water partition coefficient (Wildman–Crippen LogP) is 3.71. The van der Waals surface area contributed by atoms with Crippen LogP contribution in [0.4, 0.5) is 4.39 Å². The van der Waals surface area contributed by atoms with Crippen molar-refractivity contribution in [3.63, 3.8) is 0 Å². The fourth-order valence-electron chi connectivity index (χ4n) is 2.92. The fourth-order valence-corrected chi connectivity index (χ4v) is 3.76. The summed E-state index contributed by atoms with van der Waals surface area (Å²) in [6.45, 7) is 1.38. The predicted molar refractivity (Wildman–Crippen MR) is 104 cm³/mol. The lowest BCUT2D eigenvalue weighted by Gasteiger charge is -2.06. The van der Waals surface area contributed by atoms with E-state index >= 15 is 0 Å². The Kier molecular flexibility index (Phi) is 5.50. The average Bonchev–Trinajstić information content (AvgIpc) is 3.36. The first-order chi connectivity index (χ1) is 13.3. The van der Waals surface area contributed by atoms with Crippen molar-refractivity contribution in [3.8, 4) is 11.3 Å². The lowest BCUT2D eigenvalue weighted by atomic mass is 10.1. The Morgan fingerprint density at radius 3 is 3.00 bits per heavy atom. The van der Waals surface area contributed by atoms with E-state index in [9.17, 15) is 4.39 Å². The molecule has 3 heterocycles. The molecule has 0 amide bonds. The molecule has 1 saturated heterocycles. The zero-order valence-electron chi connectivity index (χ0n) is 14.7. The first kappa shape index (κ1) is 17.8. The molecule has 1 fully saturated rings. The number of ether oxygens (including phenoxy) is 1. The number of benzene rings is 1. The van der Waals surface area contributed by atoms with E-state index in [1.165, 1.54) is 17.4 Å². The molecule has 2 aromatic heterocycles. The maximum absolute atomic E-state index is 14.3. The third-order valence-corrected chi connectivity index (χ3v) is 5.15. The van der Waals surface area contributed by atoms with Crippen LogP contribution in [0.3, 0.4) is 0 Å². The minimum absolute atomic E-state index is 0.153. The molecule has 138 valence electrons. The molecule has 0 unspecified atom stereocenters. The van der Waals surface area contributed by atoms with E-state index in [-0.39, 0.29) is 11.9 Å². The summed E-state index contributed by atoms with van der Waals surface area (Å²) in [7, 11) is 0. The van der Waals surface area contributed by atoms with Gasteiger partial charge in [-0.05, 0) is 31.0 Å². The second-order valence-electron chi connectivity index (χ2n) is 6.20. The van der Waals surface area contributed by atoms with Gasteiger partial charge in [-0.2, -0.15) is 5.10 Å². The zero-order chi connectivity index (χ0) is 18.5. The third-order valence-electron chi connectivity index (χ3n) is 4.30. The van der Waals surface area contributed by atoms with Gasteiger partial charge in [-0.3, -0.25) is 9.98 Å². The molecule has 0 bridgehead atoms. The smallest absolute Gasteiger partial charge is 0.206 e. The topological polar surface area (TPSA) is 51.8 Å². The van der Waals surface area contributed by atoms with Crippen LogP contribution in [-0.4, -0.2) is 35.1 Å². The fraction of sp³-hybridized carbons (Fsp3) is 0.250. The van der Waals surface area contributed by atoms with Gasteiger partial charge in [0.05, 0.1) is 24.6 Å². The number of pyridine rings is 1. The Morgan fingerprint density at radius 2 is 2.22 bits per heavy atom. The van der Waals surface area contributed by atoms with Gasteiger partial charge in [0.2, 0.25) is 4.80 Å². The average molecular weight is 382 g/mol. The van der Waals surface area contributed by atoms with Crippen LogP contribution in [0.1, 0.15) is 18.4 Å². The summed E-state index contributed by atoms with van der Waals surface area (Å²) in [6.07, 6.45) is 7.39. The van der Waals surface area contributed by atoms with E-state index in [4.69, 9.17) is 4.74 Å². The molecule has 7 heteroatoms. The van der Waals surface area contributed by atoms with Crippen LogP contribution in [-0.2, 0) is 4.74 Å². The van der Waals surface area contributed by atoms with E-state index < -0.39 is 0 Å². The summed E-state index contributed by atoms with van der Waals surface area (Å²) >= 11 is 1.44. The summed E-state index contributed by atoms with van der Waals surface area (Å²) in [5.74, 6) is -0.286. The van der Waals surface area contributed by atoms with Crippen LogP contribution in [0.25, 0.3) is 11.3 Å². The Morgan fingerprint density at radius 1 is 1.30 bits per heavy atom. The highest BCUT2D eigenvalue weighted by atomic mass is 32.1. The van der Waals surface area contributed by atoms with Gasteiger partial charge in [-0.15, -0.1) is 11.3 Å². The second-order valence-corrected chi connectivity index (χ2v) is 7.04. The van der Waals surface area contributed by atoms with Crippen molar-refractivity contribution >= 4 is 17.6 Å². The van der Waals surface area contributed by atoms with Gasteiger partial charge in [0.1, 0.15) is 5.82 Å². The number of nitrogens with zero attached hydrogens (tertiary/aromatic N) is 4. The van der Waals surface area contributed by atoms with Crippen LogP contribution in [0.15, 0.2) is 64.3 Å². The summed E-state index contributed by atoms with van der Waals surface area (Å²) < 4.78 is 21.7. The van der Waals surface area contributed by atoms with Crippen molar-refractivity contribution in [3.05, 3.63) is 70.4 Å². The van der Waals surface area contributed by atoms with Gasteiger partial charge >= 0.3 is 0 Å². The van der Waals surface area contributed by atoms with Gasteiger partial charge in [0.25, 0.3) is 0 Å². The standard InChI is InChI=1S/C20H19FN4OS/c21-18-8-2-1-7-17(18)19-14-27-20(23-13-16-6-4-10-26-16)25(19)24-12-15-5-3-9-22-11-15/h1-3,5,7-9,11-12,14,16H,4,6,10,13H2/b23-20?,24-12-/t16-/m1/s1. The molecule has 1 aliphatic rings. The lowest BCUT2D eigenvalue weighted by molar-refractivity contribution is 0.117. The molecule has 5 nitrogen and oxygen atoms in total. The minimum Gasteiger partial charge on any atom is -0.376 e. The van der Waals surface area contributed by atoms with Gasteiger partial charge in [0.15, 0.2) is 0 Å². The SMILES string of the molecule is Fc1ccccc1-c1csc(=NC[C@H]2CCCO2)n1/N=C\c1cccnc1. The quantitative estimate of drug-likeness (QED) is 0.632. The zero-order valence-corrected chi connectivity index (χ0v) is 15.5. The molecule has 0 N–H and O–H groups in total. The van der Waals surface area contributed by atoms with Crippen molar-refractivity contribution in [2.75, 3.05) is 13.2 Å². The lowest BCUT2D eigenvalue weighted by Crippen LogP contribution is -2.17. The van der Waals surface area contributed by atoms with E-state index in [0.29, 0.717) is 22.6 Å². The summed E-state index contributed by atoms with van der Waals surface area (Å²) in [4.78, 5) is 9.49. The Hall–Kier alpha value is -2.64. The highest BCUT2D eigenvalue weighted by Crippen LogP contribution is 2.23. The Bertz CT molecular complexity index is 990. The molecule has 0 saturated carbocycles. The van der Waals surface area contributed by atoms with E-state index in [1.54, 1.807) is 35.4 Å². The maximum atomic E-state index is 14.3. The van der Waals surface area contributed by atoms with E-state index in [2.05, 4.69) is 15.1 Å². The molecule has 3 aromatic rings. The number of hydrogen-bond acceptors (Lipinski definition) is 5. The van der Waals surface area contributed by atoms with Crippen molar-refractivity contribution in [1.82, 2.24) is 9.66 Å². The van der Waals surface area contributed by atoms with Crippen molar-refractivity contribution < 1.29 is 9.13 Å². The number of halogens is 1. The third kappa shape index (κ3) is 4.20. The van der Waals surface area contributed by atoms with Crippen LogP contribution in [0, 0.1) is 5.82 Å². The second kappa shape index (κ2) is 8.37. The molecule has 4 rings (SSSR count). The number of hydrogen-bond donors (Lipinski definition) is 0. The maximum Gasteiger partial charge on any atom is 0.206 e. The van der Waals surface area contributed by atoms with Crippen LogP contribution in [0.5, 0.6) is 0 Å². The summed E-state index contributed by atoms with van der Waals surface area (Å²) in [5.41, 5.74) is 2.03. The van der Waals surface area contributed by atoms with Crippen molar-refractivity contribution in [2.24, 2.45) is 10.1 Å². The molecule has 1 aliphatic heterocycles. The normalized spacial score (nSPS) is 17.8. The first-order valence-corrected chi connectivity index (χ1v) is 9.71. The first-order valence-electron chi connectivity index (χ1n) is 8.83. The number of thiazole rings is 1. The monoisotopic (exact) mass is 382 g/mol. The van der Waals surface area contributed by atoms with Gasteiger partial charge in [-0.1, -0.05) is 18.2 Å². The molecular formula is C20H19FN4OS. The summed E-state index contributed by atoms with van der Waals surface area (Å²) in [5, 5.41) is 6.44. The molecule has 1 atom stereocenters. The molecule has 0 radical (unpaired) electrons. The van der Waals surface area contributed by atoms with Crippen LogP contribution < -0.4 is 4.80 Å². The molecule has 0 spiro atoms. The Labute approximate surface area is 160 Å². The minimum atomic E-state index is -0.286. The highest BCUT2D eigenvalue weighted by molar-refractivity contribution is 7.07. The molecule has 27 heavy (non-hydrogen) atoms. The van der Waals surface area contributed by atoms with E-state index in [0.717, 1.165) is 25.0 Å². The van der Waals surface area contributed by atoms with Gasteiger partial charge in [-0.25, -0.2) is 9.07 Å². The van der Waals surface area contributed by atoms with Crippen LogP contribution in [0.2, 0.25) is 0 Å². The van der Waals surface area contributed by atoms with Crippen molar-refractivity contribution in [2.45, 2.75) is 18.9 Å². The summed E-state index contributed by atoms with van der Waals surface area (Å²) in [6, 6.07) is 10.4. The van der Waals surface area contributed by atoms with E-state index in [1.807, 2.05) is 23.6 Å².